The number of hydrogen-bond donors (Lipinski definition) is 3. The number of likely N-dealkylation sites (tertiary alicyclic amines) is 1. The van der Waals surface area contributed by atoms with Crippen LogP contribution >= 0.6 is 0 Å². The van der Waals surface area contributed by atoms with Crippen LogP contribution in [0.2, 0.25) is 0 Å². The number of nitrogens with zero attached hydrogens (tertiary/aromatic N) is 1. The van der Waals surface area contributed by atoms with E-state index in [4.69, 9.17) is 4.42 Å². The SMILES string of the molecule is Cc1cc(C(=O)NCC(=O)NC2CCN(C(=O)Nc3ccccc3)CC2)c(C)o1. The van der Waals surface area contributed by atoms with Gasteiger partial charge in [-0.2, -0.15) is 0 Å². The minimum Gasteiger partial charge on any atom is -0.466 e. The van der Waals surface area contributed by atoms with Crippen molar-refractivity contribution in [2.45, 2.75) is 32.7 Å². The van der Waals surface area contributed by atoms with E-state index in [2.05, 4.69) is 16.0 Å². The fourth-order valence-electron chi connectivity index (χ4n) is 3.34. The first-order valence-corrected chi connectivity index (χ1v) is 9.68. The number of nitrogens with one attached hydrogen (secondary N) is 3. The predicted molar refractivity (Wildman–Crippen MR) is 109 cm³/mol. The van der Waals surface area contributed by atoms with Crippen molar-refractivity contribution >= 4 is 23.5 Å². The van der Waals surface area contributed by atoms with Gasteiger partial charge >= 0.3 is 6.03 Å². The van der Waals surface area contributed by atoms with E-state index in [0.717, 1.165) is 5.69 Å². The number of urea groups is 1. The number of amides is 4. The molecule has 2 heterocycles. The predicted octanol–water partition coefficient (Wildman–Crippen LogP) is 2.44. The van der Waals surface area contributed by atoms with Crippen molar-refractivity contribution in [2.75, 3.05) is 25.0 Å². The van der Waals surface area contributed by atoms with Crippen molar-refractivity contribution in [3.63, 3.8) is 0 Å². The summed E-state index contributed by atoms with van der Waals surface area (Å²) in [5.74, 6) is 0.604. The lowest BCUT2D eigenvalue weighted by molar-refractivity contribution is -0.121. The Bertz CT molecular complexity index is 870. The maximum absolute atomic E-state index is 12.3. The van der Waals surface area contributed by atoms with Crippen molar-refractivity contribution in [2.24, 2.45) is 0 Å². The first kappa shape index (κ1) is 20.4. The molecular weight excluding hydrogens is 372 g/mol. The number of furan rings is 1. The summed E-state index contributed by atoms with van der Waals surface area (Å²) in [6, 6.07) is 10.8. The molecule has 0 spiro atoms. The summed E-state index contributed by atoms with van der Waals surface area (Å²) in [6.45, 7) is 4.50. The van der Waals surface area contributed by atoms with E-state index < -0.39 is 0 Å². The molecule has 0 unspecified atom stereocenters. The average molecular weight is 398 g/mol. The zero-order chi connectivity index (χ0) is 20.8. The zero-order valence-corrected chi connectivity index (χ0v) is 16.7. The van der Waals surface area contributed by atoms with E-state index in [9.17, 15) is 14.4 Å². The number of aryl methyl sites for hydroxylation is 2. The lowest BCUT2D eigenvalue weighted by atomic mass is 10.1. The molecule has 154 valence electrons. The number of carbonyl (C=O) groups is 3. The summed E-state index contributed by atoms with van der Waals surface area (Å²) in [4.78, 5) is 38.3. The highest BCUT2D eigenvalue weighted by Gasteiger charge is 2.24. The van der Waals surface area contributed by atoms with Gasteiger partial charge < -0.3 is 25.3 Å². The molecule has 8 nitrogen and oxygen atoms in total. The van der Waals surface area contributed by atoms with Gasteiger partial charge in [-0.1, -0.05) is 18.2 Å². The normalized spacial score (nSPS) is 14.3. The van der Waals surface area contributed by atoms with E-state index in [1.54, 1.807) is 24.8 Å². The van der Waals surface area contributed by atoms with Crippen molar-refractivity contribution in [3.8, 4) is 0 Å². The molecule has 29 heavy (non-hydrogen) atoms. The number of para-hydroxylation sites is 1. The number of rotatable bonds is 5. The van der Waals surface area contributed by atoms with Crippen molar-refractivity contribution < 1.29 is 18.8 Å². The summed E-state index contributed by atoms with van der Waals surface area (Å²) in [5, 5.41) is 8.40. The van der Waals surface area contributed by atoms with Gasteiger partial charge in [-0.15, -0.1) is 0 Å². The standard InChI is InChI=1S/C21H26N4O4/c1-14-12-18(15(2)29-14)20(27)22-13-19(26)23-17-8-10-25(11-9-17)21(28)24-16-6-4-3-5-7-16/h3-7,12,17H,8-11,13H2,1-2H3,(H,22,27)(H,23,26)(H,24,28). The molecule has 0 radical (unpaired) electrons. The molecule has 1 saturated heterocycles. The van der Waals surface area contributed by atoms with Crippen LogP contribution in [0.25, 0.3) is 0 Å². The minimum absolute atomic E-state index is 0.0157. The topological polar surface area (TPSA) is 104 Å². The van der Waals surface area contributed by atoms with Crippen LogP contribution in [0.4, 0.5) is 10.5 Å². The van der Waals surface area contributed by atoms with E-state index in [1.165, 1.54) is 0 Å². The molecular formula is C21H26N4O4. The summed E-state index contributed by atoms with van der Waals surface area (Å²) in [7, 11) is 0. The molecule has 4 amide bonds. The molecule has 0 atom stereocenters. The molecule has 1 aromatic heterocycles. The van der Waals surface area contributed by atoms with Crippen LogP contribution in [0.3, 0.4) is 0 Å². The maximum atomic E-state index is 12.3. The van der Waals surface area contributed by atoms with E-state index in [-0.39, 0.29) is 30.4 Å². The average Bonchev–Trinajstić information content (AvgIpc) is 3.05. The fraction of sp³-hybridized carbons (Fsp3) is 0.381. The lowest BCUT2D eigenvalue weighted by Gasteiger charge is -2.32. The fourth-order valence-corrected chi connectivity index (χ4v) is 3.34. The molecule has 1 aliphatic rings. The Hall–Kier alpha value is -3.29. The largest absolute Gasteiger partial charge is 0.466 e. The molecule has 1 aliphatic heterocycles. The van der Waals surface area contributed by atoms with Gasteiger partial charge in [-0.3, -0.25) is 9.59 Å². The first-order chi connectivity index (χ1) is 13.9. The number of benzene rings is 1. The van der Waals surface area contributed by atoms with E-state index in [0.29, 0.717) is 43.0 Å². The lowest BCUT2D eigenvalue weighted by Crippen LogP contribution is -2.49. The summed E-state index contributed by atoms with van der Waals surface area (Å²) >= 11 is 0. The molecule has 3 rings (SSSR count). The third-order valence-corrected chi connectivity index (χ3v) is 4.87. The molecule has 0 aliphatic carbocycles. The van der Waals surface area contributed by atoms with Crippen LogP contribution in [0.5, 0.6) is 0 Å². The Balaban J connectivity index is 1.38. The summed E-state index contributed by atoms with van der Waals surface area (Å²) in [6.07, 6.45) is 1.34. The Kier molecular flexibility index (Phi) is 6.54. The van der Waals surface area contributed by atoms with Crippen molar-refractivity contribution in [1.82, 2.24) is 15.5 Å². The monoisotopic (exact) mass is 398 g/mol. The van der Waals surface area contributed by atoms with Gasteiger partial charge in [0.15, 0.2) is 0 Å². The van der Waals surface area contributed by atoms with E-state index >= 15 is 0 Å². The summed E-state index contributed by atoms with van der Waals surface area (Å²) in [5.41, 5.74) is 1.19. The Morgan fingerprint density at radius 1 is 1.10 bits per heavy atom. The van der Waals surface area contributed by atoms with Crippen LogP contribution in [-0.4, -0.2) is 48.4 Å². The molecule has 3 N–H and O–H groups in total. The van der Waals surface area contributed by atoms with Crippen LogP contribution in [0.1, 0.15) is 34.7 Å². The highest BCUT2D eigenvalue weighted by Crippen LogP contribution is 2.14. The van der Waals surface area contributed by atoms with E-state index in [1.807, 2.05) is 30.3 Å². The molecule has 1 aromatic carbocycles. The first-order valence-electron chi connectivity index (χ1n) is 9.68. The van der Waals surface area contributed by atoms with Gasteiger partial charge in [-0.05, 0) is 44.9 Å². The van der Waals surface area contributed by atoms with Crippen LogP contribution < -0.4 is 16.0 Å². The maximum Gasteiger partial charge on any atom is 0.321 e. The number of hydrogen-bond acceptors (Lipinski definition) is 4. The second-order valence-corrected chi connectivity index (χ2v) is 7.13. The quantitative estimate of drug-likeness (QED) is 0.720. The molecule has 8 heteroatoms. The van der Waals surface area contributed by atoms with Crippen LogP contribution in [0, 0.1) is 13.8 Å². The van der Waals surface area contributed by atoms with Gasteiger partial charge in [0, 0.05) is 24.8 Å². The van der Waals surface area contributed by atoms with Crippen molar-refractivity contribution in [3.05, 3.63) is 53.5 Å². The molecule has 2 aromatic rings. The van der Waals surface area contributed by atoms with Gasteiger partial charge in [0.25, 0.3) is 5.91 Å². The highest BCUT2D eigenvalue weighted by molar-refractivity contribution is 5.97. The Morgan fingerprint density at radius 2 is 1.79 bits per heavy atom. The van der Waals surface area contributed by atoms with Crippen LogP contribution in [0.15, 0.2) is 40.8 Å². The van der Waals surface area contributed by atoms with Crippen LogP contribution in [-0.2, 0) is 4.79 Å². The van der Waals surface area contributed by atoms with Crippen molar-refractivity contribution in [1.29, 1.82) is 0 Å². The van der Waals surface area contributed by atoms with Gasteiger partial charge in [0.05, 0.1) is 12.1 Å². The number of anilines is 1. The smallest absolute Gasteiger partial charge is 0.321 e. The zero-order valence-electron chi connectivity index (χ0n) is 16.7. The number of carbonyl (C=O) groups excluding carboxylic acids is 3. The summed E-state index contributed by atoms with van der Waals surface area (Å²) < 4.78 is 5.33. The second kappa shape index (κ2) is 9.27. The third kappa shape index (κ3) is 5.60. The molecule has 0 bridgehead atoms. The highest BCUT2D eigenvalue weighted by atomic mass is 16.3. The third-order valence-electron chi connectivity index (χ3n) is 4.87. The minimum atomic E-state index is -0.332. The molecule has 1 fully saturated rings. The number of piperidine rings is 1. The second-order valence-electron chi connectivity index (χ2n) is 7.13. The Labute approximate surface area is 169 Å². The van der Waals surface area contributed by atoms with Gasteiger partial charge in [0.2, 0.25) is 5.91 Å². The Morgan fingerprint density at radius 3 is 2.41 bits per heavy atom. The molecule has 0 saturated carbocycles. The van der Waals surface area contributed by atoms with Gasteiger partial charge in [0.1, 0.15) is 11.5 Å². The van der Waals surface area contributed by atoms with Gasteiger partial charge in [-0.25, -0.2) is 4.79 Å².